The highest BCUT2D eigenvalue weighted by Gasteiger charge is 2.29. The summed E-state index contributed by atoms with van der Waals surface area (Å²) in [4.78, 5) is 44.7. The first-order chi connectivity index (χ1) is 18.9. The van der Waals surface area contributed by atoms with Gasteiger partial charge >= 0.3 is 0 Å². The van der Waals surface area contributed by atoms with Crippen LogP contribution in [0.1, 0.15) is 34.9 Å². The van der Waals surface area contributed by atoms with Crippen LogP contribution in [0.25, 0.3) is 16.6 Å². The average molecular weight is 525 g/mol. The van der Waals surface area contributed by atoms with E-state index in [-0.39, 0.29) is 23.4 Å². The lowest BCUT2D eigenvalue weighted by molar-refractivity contribution is -0.384. The fourth-order valence-electron chi connectivity index (χ4n) is 4.46. The van der Waals surface area contributed by atoms with Crippen LogP contribution in [0.4, 0.5) is 5.69 Å². The molecule has 1 atom stereocenters. The number of carbonyl (C=O) groups is 1. The van der Waals surface area contributed by atoms with E-state index in [0.717, 1.165) is 0 Å². The van der Waals surface area contributed by atoms with E-state index in [2.05, 4.69) is 0 Å². The van der Waals surface area contributed by atoms with Gasteiger partial charge < -0.3 is 14.1 Å². The molecule has 5 rings (SSSR count). The topological polar surface area (TPSA) is 121 Å². The molecule has 0 aliphatic heterocycles. The minimum absolute atomic E-state index is 0.0681. The lowest BCUT2D eigenvalue weighted by Gasteiger charge is -2.30. The molecule has 0 saturated carbocycles. The molecular formula is C29H24N4O6. The van der Waals surface area contributed by atoms with Crippen molar-refractivity contribution in [3.8, 4) is 11.4 Å². The number of hydrogen-bond acceptors (Lipinski definition) is 7. The van der Waals surface area contributed by atoms with Gasteiger partial charge in [-0.2, -0.15) is 0 Å². The number of benzene rings is 3. The van der Waals surface area contributed by atoms with E-state index in [4.69, 9.17) is 14.1 Å². The normalized spacial score (nSPS) is 11.7. The Labute approximate surface area is 222 Å². The summed E-state index contributed by atoms with van der Waals surface area (Å²) in [6.07, 6.45) is 1.51. The molecule has 10 heteroatoms. The Hall–Kier alpha value is -5.25. The fourth-order valence-corrected chi connectivity index (χ4v) is 4.46. The maximum absolute atomic E-state index is 13.9. The van der Waals surface area contributed by atoms with E-state index >= 15 is 0 Å². The molecular weight excluding hydrogens is 500 g/mol. The molecule has 5 aromatic rings. The molecule has 0 saturated heterocycles. The van der Waals surface area contributed by atoms with Gasteiger partial charge in [-0.1, -0.05) is 24.3 Å². The summed E-state index contributed by atoms with van der Waals surface area (Å²) in [6, 6.07) is 22.2. The molecule has 0 radical (unpaired) electrons. The zero-order valence-corrected chi connectivity index (χ0v) is 21.2. The summed E-state index contributed by atoms with van der Waals surface area (Å²) >= 11 is 0. The minimum atomic E-state index is -0.736. The van der Waals surface area contributed by atoms with Crippen LogP contribution in [0.15, 0.2) is 100 Å². The van der Waals surface area contributed by atoms with Crippen molar-refractivity contribution in [3.63, 3.8) is 0 Å². The number of carbonyl (C=O) groups excluding carboxylic acids is 1. The number of rotatable bonds is 8. The van der Waals surface area contributed by atoms with Gasteiger partial charge in [0.1, 0.15) is 17.3 Å². The lowest BCUT2D eigenvalue weighted by Crippen LogP contribution is -2.37. The molecule has 3 aromatic carbocycles. The molecule has 0 fully saturated rings. The maximum atomic E-state index is 13.9. The van der Waals surface area contributed by atoms with Crippen molar-refractivity contribution in [1.29, 1.82) is 0 Å². The first kappa shape index (κ1) is 25.4. The van der Waals surface area contributed by atoms with Crippen molar-refractivity contribution in [2.24, 2.45) is 0 Å². The van der Waals surface area contributed by atoms with E-state index in [1.807, 2.05) is 0 Å². The zero-order valence-electron chi connectivity index (χ0n) is 21.2. The second-order valence-corrected chi connectivity index (χ2v) is 8.79. The largest absolute Gasteiger partial charge is 0.495 e. The number of amides is 1. The van der Waals surface area contributed by atoms with E-state index in [1.165, 1.54) is 47.1 Å². The minimum Gasteiger partial charge on any atom is -0.495 e. The summed E-state index contributed by atoms with van der Waals surface area (Å²) < 4.78 is 12.6. The maximum Gasteiger partial charge on any atom is 0.269 e. The molecule has 1 unspecified atom stereocenters. The SMILES string of the molecule is COc1ccccc1-n1c(C(C)N(Cc2ccco2)C(=O)c2ccc([N+](=O)[O-])cc2)nc2ccccc2c1=O. The number of furan rings is 1. The highest BCUT2D eigenvalue weighted by molar-refractivity contribution is 5.94. The summed E-state index contributed by atoms with van der Waals surface area (Å²) in [7, 11) is 1.52. The highest BCUT2D eigenvalue weighted by Crippen LogP contribution is 2.29. The Morgan fingerprint density at radius 3 is 2.46 bits per heavy atom. The van der Waals surface area contributed by atoms with Crippen molar-refractivity contribution in [2.75, 3.05) is 7.11 Å². The quantitative estimate of drug-likeness (QED) is 0.199. The van der Waals surface area contributed by atoms with Gasteiger partial charge in [0.25, 0.3) is 17.2 Å². The van der Waals surface area contributed by atoms with E-state index in [1.54, 1.807) is 67.6 Å². The van der Waals surface area contributed by atoms with Crippen LogP contribution in [-0.4, -0.2) is 32.4 Å². The second kappa shape index (κ2) is 10.6. The Morgan fingerprint density at radius 1 is 1.05 bits per heavy atom. The van der Waals surface area contributed by atoms with Gasteiger partial charge in [-0.25, -0.2) is 4.98 Å². The molecule has 0 spiro atoms. The molecule has 0 bridgehead atoms. The van der Waals surface area contributed by atoms with Gasteiger partial charge in [-0.15, -0.1) is 0 Å². The number of nitro benzene ring substituents is 1. The molecule has 2 heterocycles. The number of para-hydroxylation sites is 3. The molecule has 0 N–H and O–H groups in total. The average Bonchev–Trinajstić information content (AvgIpc) is 3.48. The van der Waals surface area contributed by atoms with Gasteiger partial charge in [-0.3, -0.25) is 24.3 Å². The first-order valence-corrected chi connectivity index (χ1v) is 12.1. The van der Waals surface area contributed by atoms with Crippen LogP contribution in [0.2, 0.25) is 0 Å². The van der Waals surface area contributed by atoms with Crippen LogP contribution in [-0.2, 0) is 6.54 Å². The van der Waals surface area contributed by atoms with Crippen LogP contribution < -0.4 is 10.3 Å². The van der Waals surface area contributed by atoms with E-state index in [9.17, 15) is 19.7 Å². The Kier molecular flexibility index (Phi) is 6.92. The third kappa shape index (κ3) is 4.87. The lowest BCUT2D eigenvalue weighted by atomic mass is 10.1. The smallest absolute Gasteiger partial charge is 0.269 e. The number of methoxy groups -OCH3 is 1. The predicted molar refractivity (Wildman–Crippen MR) is 144 cm³/mol. The highest BCUT2D eigenvalue weighted by atomic mass is 16.6. The van der Waals surface area contributed by atoms with Gasteiger partial charge in [0.2, 0.25) is 0 Å². The van der Waals surface area contributed by atoms with Gasteiger partial charge in [0.05, 0.1) is 47.5 Å². The van der Waals surface area contributed by atoms with Crippen molar-refractivity contribution < 1.29 is 18.9 Å². The standard InChI is InChI=1S/C29H24N4O6/c1-19(31(18-22-8-7-17-39-22)28(34)20-13-15-21(16-14-20)33(36)37)27-30-24-10-4-3-9-23(24)29(35)32(27)25-11-5-6-12-26(25)38-2/h3-17,19H,18H2,1-2H3. The van der Waals surface area contributed by atoms with Gasteiger partial charge in [0.15, 0.2) is 0 Å². The number of fused-ring (bicyclic) bond motifs is 1. The van der Waals surface area contributed by atoms with Crippen molar-refractivity contribution in [3.05, 3.63) is 129 Å². The van der Waals surface area contributed by atoms with Crippen molar-refractivity contribution in [1.82, 2.24) is 14.5 Å². The molecule has 0 aliphatic carbocycles. The number of nitro groups is 1. The van der Waals surface area contributed by atoms with Gasteiger partial charge in [-0.05, 0) is 55.5 Å². The third-order valence-corrected chi connectivity index (χ3v) is 6.46. The van der Waals surface area contributed by atoms with Crippen molar-refractivity contribution >= 4 is 22.5 Å². The third-order valence-electron chi connectivity index (χ3n) is 6.46. The number of non-ortho nitro benzene ring substituents is 1. The molecule has 2 aromatic heterocycles. The summed E-state index contributed by atoms with van der Waals surface area (Å²) in [5.41, 5.74) is 0.763. The number of nitrogens with zero attached hydrogens (tertiary/aromatic N) is 4. The number of aromatic nitrogens is 2. The van der Waals surface area contributed by atoms with Crippen LogP contribution in [0.3, 0.4) is 0 Å². The fraction of sp³-hybridized carbons (Fsp3) is 0.138. The van der Waals surface area contributed by atoms with E-state index in [0.29, 0.717) is 33.9 Å². The van der Waals surface area contributed by atoms with E-state index < -0.39 is 16.9 Å². The number of ether oxygens (including phenoxy) is 1. The molecule has 196 valence electrons. The monoisotopic (exact) mass is 524 g/mol. The molecule has 1 amide bonds. The number of hydrogen-bond donors (Lipinski definition) is 0. The Balaban J connectivity index is 1.69. The summed E-state index contributed by atoms with van der Waals surface area (Å²) in [6.45, 7) is 1.84. The van der Waals surface area contributed by atoms with Crippen LogP contribution in [0, 0.1) is 10.1 Å². The second-order valence-electron chi connectivity index (χ2n) is 8.79. The first-order valence-electron chi connectivity index (χ1n) is 12.1. The zero-order chi connectivity index (χ0) is 27.5. The molecule has 10 nitrogen and oxygen atoms in total. The van der Waals surface area contributed by atoms with Crippen LogP contribution in [0.5, 0.6) is 5.75 Å². The van der Waals surface area contributed by atoms with Crippen LogP contribution >= 0.6 is 0 Å². The predicted octanol–water partition coefficient (Wildman–Crippen LogP) is 5.30. The van der Waals surface area contributed by atoms with Gasteiger partial charge in [0, 0.05) is 17.7 Å². The molecule has 0 aliphatic rings. The Bertz CT molecular complexity index is 1710. The summed E-state index contributed by atoms with van der Waals surface area (Å²) in [5.74, 6) is 0.876. The Morgan fingerprint density at radius 2 is 1.77 bits per heavy atom. The summed E-state index contributed by atoms with van der Waals surface area (Å²) in [5, 5.41) is 11.5. The van der Waals surface area contributed by atoms with Crippen molar-refractivity contribution in [2.45, 2.75) is 19.5 Å². The molecule has 39 heavy (non-hydrogen) atoms.